The van der Waals surface area contributed by atoms with E-state index >= 15 is 0 Å². The first-order valence-corrected chi connectivity index (χ1v) is 9.76. The van der Waals surface area contributed by atoms with E-state index in [1.165, 1.54) is 14.7 Å². The van der Waals surface area contributed by atoms with Crippen LogP contribution >= 0.6 is 34.3 Å². The Labute approximate surface area is 154 Å². The summed E-state index contributed by atoms with van der Waals surface area (Å²) in [6.45, 7) is 2.13. The highest BCUT2D eigenvalue weighted by Gasteiger charge is 2.17. The van der Waals surface area contributed by atoms with Gasteiger partial charge >= 0.3 is 0 Å². The number of thiophene rings is 2. The monoisotopic (exact) mass is 377 g/mol. The molecule has 0 aliphatic rings. The predicted molar refractivity (Wildman–Crippen MR) is 102 cm³/mol. The van der Waals surface area contributed by atoms with Gasteiger partial charge in [0.1, 0.15) is 13.1 Å². The molecule has 0 atom stereocenters. The highest BCUT2D eigenvalue weighted by molar-refractivity contribution is 7.10. The van der Waals surface area contributed by atoms with Crippen LogP contribution in [0.15, 0.2) is 59.3 Å². The summed E-state index contributed by atoms with van der Waals surface area (Å²) in [6.07, 6.45) is 0. The van der Waals surface area contributed by atoms with Gasteiger partial charge in [-0.2, -0.15) is 0 Å². The summed E-state index contributed by atoms with van der Waals surface area (Å²) in [5.41, 5.74) is 0.774. The quantitative estimate of drug-likeness (QED) is 0.647. The molecule has 0 aliphatic heterocycles. The third-order valence-corrected chi connectivity index (χ3v) is 5.55. The topological polar surface area (TPSA) is 33.5 Å². The zero-order valence-electron chi connectivity index (χ0n) is 13.0. The van der Waals surface area contributed by atoms with Crippen LogP contribution in [-0.2, 0) is 17.9 Å². The van der Waals surface area contributed by atoms with E-state index in [0.717, 1.165) is 18.8 Å². The lowest BCUT2D eigenvalue weighted by Crippen LogP contribution is -3.10. The molecule has 2 heterocycles. The Kier molecular flexibility index (Phi) is 6.04. The largest absolute Gasteiger partial charge is 0.321 e. The average molecular weight is 378 g/mol. The summed E-state index contributed by atoms with van der Waals surface area (Å²) < 4.78 is 0. The van der Waals surface area contributed by atoms with Gasteiger partial charge in [0.15, 0.2) is 6.54 Å². The first kappa shape index (κ1) is 17.2. The van der Waals surface area contributed by atoms with Gasteiger partial charge < -0.3 is 10.2 Å². The van der Waals surface area contributed by atoms with E-state index in [-0.39, 0.29) is 5.91 Å². The molecule has 3 rings (SSSR count). The average Bonchev–Trinajstić information content (AvgIpc) is 3.23. The van der Waals surface area contributed by atoms with Crippen molar-refractivity contribution in [3.8, 4) is 0 Å². The van der Waals surface area contributed by atoms with Crippen LogP contribution in [0.1, 0.15) is 9.75 Å². The molecule has 0 saturated heterocycles. The molecule has 2 N–H and O–H groups in total. The van der Waals surface area contributed by atoms with Crippen LogP contribution in [0.4, 0.5) is 5.69 Å². The minimum atomic E-state index is 0.0143. The summed E-state index contributed by atoms with van der Waals surface area (Å²) in [7, 11) is 0. The molecule has 1 amide bonds. The maximum absolute atomic E-state index is 12.4. The fourth-order valence-corrected chi connectivity index (χ4v) is 4.15. The van der Waals surface area contributed by atoms with Gasteiger partial charge in [-0.3, -0.25) is 4.79 Å². The highest BCUT2D eigenvalue weighted by atomic mass is 35.5. The second-order valence-corrected chi connectivity index (χ2v) is 8.00. The lowest BCUT2D eigenvalue weighted by atomic mass is 10.3. The zero-order chi connectivity index (χ0) is 16.8. The lowest BCUT2D eigenvalue weighted by Gasteiger charge is -2.18. The van der Waals surface area contributed by atoms with E-state index in [9.17, 15) is 4.79 Å². The van der Waals surface area contributed by atoms with Crippen molar-refractivity contribution >= 4 is 45.9 Å². The smallest absolute Gasteiger partial charge is 0.279 e. The number of anilines is 1. The van der Waals surface area contributed by atoms with Crippen molar-refractivity contribution in [2.75, 3.05) is 11.9 Å². The number of carbonyl (C=O) groups is 1. The number of benzene rings is 1. The van der Waals surface area contributed by atoms with Crippen LogP contribution in [0.25, 0.3) is 0 Å². The maximum Gasteiger partial charge on any atom is 0.279 e. The van der Waals surface area contributed by atoms with Crippen molar-refractivity contribution in [1.82, 2.24) is 0 Å². The van der Waals surface area contributed by atoms with E-state index in [1.807, 2.05) is 12.1 Å². The molecule has 3 aromatic rings. The third-order valence-electron chi connectivity index (χ3n) is 3.55. The third kappa shape index (κ3) is 5.18. The Balaban J connectivity index is 1.63. The number of carbonyl (C=O) groups excluding carboxylic acids is 1. The molecule has 1 aromatic carbocycles. The van der Waals surface area contributed by atoms with E-state index in [0.29, 0.717) is 11.6 Å². The van der Waals surface area contributed by atoms with Gasteiger partial charge in [0.05, 0.1) is 9.75 Å². The van der Waals surface area contributed by atoms with Gasteiger partial charge in [0, 0.05) is 10.7 Å². The van der Waals surface area contributed by atoms with Gasteiger partial charge in [-0.1, -0.05) is 23.7 Å². The van der Waals surface area contributed by atoms with Crippen molar-refractivity contribution < 1.29 is 9.69 Å². The number of halogens is 1. The first-order chi connectivity index (χ1) is 11.7. The molecule has 0 spiro atoms. The number of hydrogen-bond acceptors (Lipinski definition) is 3. The van der Waals surface area contributed by atoms with Crippen LogP contribution in [-0.4, -0.2) is 12.5 Å². The van der Waals surface area contributed by atoms with Crippen LogP contribution < -0.4 is 10.2 Å². The number of quaternary nitrogens is 1. The summed E-state index contributed by atoms with van der Waals surface area (Å²) in [4.78, 5) is 16.2. The number of hydrogen-bond donors (Lipinski definition) is 2. The maximum atomic E-state index is 12.4. The molecule has 24 heavy (non-hydrogen) atoms. The fraction of sp³-hybridized carbons (Fsp3) is 0.167. The van der Waals surface area contributed by atoms with Crippen molar-refractivity contribution in [3.05, 3.63) is 74.1 Å². The number of amides is 1. The summed E-state index contributed by atoms with van der Waals surface area (Å²) in [5, 5.41) is 7.76. The van der Waals surface area contributed by atoms with Gasteiger partial charge in [-0.25, -0.2) is 0 Å². The Hall–Kier alpha value is -1.66. The van der Waals surface area contributed by atoms with E-state index < -0.39 is 0 Å². The van der Waals surface area contributed by atoms with Gasteiger partial charge in [-0.15, -0.1) is 22.7 Å². The second-order valence-electron chi connectivity index (χ2n) is 5.49. The second kappa shape index (κ2) is 8.44. The standard InChI is InChI=1S/C18H17ClN2OS2/c19-14-5-7-15(8-6-14)20-18(22)13-21(11-16-3-1-9-23-16)12-17-4-2-10-24-17/h1-10H,11-13H2,(H,20,22)/p+1. The van der Waals surface area contributed by atoms with E-state index in [4.69, 9.17) is 11.6 Å². The highest BCUT2D eigenvalue weighted by Crippen LogP contribution is 2.13. The van der Waals surface area contributed by atoms with Crippen molar-refractivity contribution in [3.63, 3.8) is 0 Å². The molecule has 0 bridgehead atoms. The Morgan fingerprint density at radius 1 is 0.958 bits per heavy atom. The molecular formula is C18H18ClN2OS2+. The zero-order valence-corrected chi connectivity index (χ0v) is 15.4. The van der Waals surface area contributed by atoms with Crippen molar-refractivity contribution in [1.29, 1.82) is 0 Å². The van der Waals surface area contributed by atoms with Crippen LogP contribution in [0.3, 0.4) is 0 Å². The summed E-state index contributed by atoms with van der Waals surface area (Å²) >= 11 is 9.34. The molecular weight excluding hydrogens is 360 g/mol. The Bertz CT molecular complexity index is 719. The molecule has 2 aromatic heterocycles. The fourth-order valence-electron chi connectivity index (χ4n) is 2.47. The predicted octanol–water partition coefficient (Wildman–Crippen LogP) is 3.69. The van der Waals surface area contributed by atoms with E-state index in [2.05, 4.69) is 40.3 Å². The summed E-state index contributed by atoms with van der Waals surface area (Å²) in [6, 6.07) is 15.5. The normalized spacial score (nSPS) is 10.9. The molecule has 0 fully saturated rings. The minimum Gasteiger partial charge on any atom is -0.321 e. The molecule has 0 aliphatic carbocycles. The molecule has 6 heteroatoms. The van der Waals surface area contributed by atoms with Crippen LogP contribution in [0.2, 0.25) is 5.02 Å². The van der Waals surface area contributed by atoms with Crippen molar-refractivity contribution in [2.45, 2.75) is 13.1 Å². The van der Waals surface area contributed by atoms with Gasteiger partial charge in [0.25, 0.3) is 5.91 Å². The number of rotatable bonds is 7. The molecule has 0 radical (unpaired) electrons. The molecule has 0 unspecified atom stereocenters. The Morgan fingerprint density at radius 2 is 1.54 bits per heavy atom. The van der Waals surface area contributed by atoms with Crippen LogP contribution in [0, 0.1) is 0 Å². The minimum absolute atomic E-state index is 0.0143. The van der Waals surface area contributed by atoms with Gasteiger partial charge in [-0.05, 0) is 47.2 Å². The molecule has 3 nitrogen and oxygen atoms in total. The van der Waals surface area contributed by atoms with E-state index in [1.54, 1.807) is 34.8 Å². The van der Waals surface area contributed by atoms with Crippen LogP contribution in [0.5, 0.6) is 0 Å². The first-order valence-electron chi connectivity index (χ1n) is 7.63. The molecule has 124 valence electrons. The lowest BCUT2D eigenvalue weighted by molar-refractivity contribution is -0.918. The van der Waals surface area contributed by atoms with Gasteiger partial charge in [0.2, 0.25) is 0 Å². The number of nitrogens with one attached hydrogen (secondary N) is 2. The molecule has 0 saturated carbocycles. The summed E-state index contributed by atoms with van der Waals surface area (Å²) in [5.74, 6) is 0.0143. The Morgan fingerprint density at radius 3 is 2.04 bits per heavy atom. The van der Waals surface area contributed by atoms with Crippen molar-refractivity contribution in [2.24, 2.45) is 0 Å². The SMILES string of the molecule is O=C(C[NH+](Cc1cccs1)Cc1cccs1)Nc1ccc(Cl)cc1.